The summed E-state index contributed by atoms with van der Waals surface area (Å²) in [5.74, 6) is -2.18. The molecule has 1 aromatic heterocycles. The van der Waals surface area contributed by atoms with Crippen LogP contribution < -0.4 is 0 Å². The molecule has 82 valence electrons. The van der Waals surface area contributed by atoms with E-state index in [1.165, 1.54) is 6.92 Å². The molecule has 0 spiro atoms. The minimum absolute atomic E-state index is 0.0180. The van der Waals surface area contributed by atoms with E-state index in [1.54, 1.807) is 0 Å². The van der Waals surface area contributed by atoms with Crippen molar-refractivity contribution in [2.75, 3.05) is 6.61 Å². The Morgan fingerprint density at radius 3 is 2.80 bits per heavy atom. The zero-order valence-electron chi connectivity index (χ0n) is 7.84. The summed E-state index contributed by atoms with van der Waals surface area (Å²) in [5.41, 5.74) is -1.69. The van der Waals surface area contributed by atoms with Gasteiger partial charge in [0, 0.05) is 6.20 Å². The number of nitrogens with zero attached hydrogens (tertiary/aromatic N) is 1. The van der Waals surface area contributed by atoms with Crippen LogP contribution in [0.25, 0.3) is 0 Å². The van der Waals surface area contributed by atoms with E-state index in [1.807, 2.05) is 0 Å². The summed E-state index contributed by atoms with van der Waals surface area (Å²) in [6.45, 7) is 1.48. The predicted molar refractivity (Wildman–Crippen MR) is 45.1 cm³/mol. The van der Waals surface area contributed by atoms with Crippen LogP contribution in [0, 0.1) is 5.82 Å². The van der Waals surface area contributed by atoms with E-state index in [9.17, 15) is 18.0 Å². The molecule has 15 heavy (non-hydrogen) atoms. The van der Waals surface area contributed by atoms with Gasteiger partial charge in [-0.25, -0.2) is 18.0 Å². The second kappa shape index (κ2) is 4.77. The molecule has 0 unspecified atom stereocenters. The summed E-state index contributed by atoms with van der Waals surface area (Å²) in [4.78, 5) is 14.4. The van der Waals surface area contributed by atoms with Crippen LogP contribution in [0.2, 0.25) is 0 Å². The maximum Gasteiger partial charge on any atom is 0.343 e. The lowest BCUT2D eigenvalue weighted by Crippen LogP contribution is -2.12. The quantitative estimate of drug-likeness (QED) is 0.732. The van der Waals surface area contributed by atoms with Gasteiger partial charge in [-0.3, -0.25) is 4.98 Å². The summed E-state index contributed by atoms with van der Waals surface area (Å²) in [7, 11) is 0. The first-order valence-corrected chi connectivity index (χ1v) is 4.17. The van der Waals surface area contributed by atoms with Crippen molar-refractivity contribution in [2.45, 2.75) is 13.3 Å². The second-order valence-corrected chi connectivity index (χ2v) is 2.57. The first-order valence-electron chi connectivity index (χ1n) is 4.17. The van der Waals surface area contributed by atoms with E-state index < -0.39 is 29.5 Å². The first-order chi connectivity index (χ1) is 7.07. The SMILES string of the molecule is CCOC(=O)c1c(F)ccnc1C(F)F. The highest BCUT2D eigenvalue weighted by molar-refractivity contribution is 5.90. The summed E-state index contributed by atoms with van der Waals surface area (Å²) in [5, 5.41) is 0. The lowest BCUT2D eigenvalue weighted by atomic mass is 10.2. The van der Waals surface area contributed by atoms with Crippen LogP contribution in [0.5, 0.6) is 0 Å². The van der Waals surface area contributed by atoms with Gasteiger partial charge >= 0.3 is 5.97 Å². The molecule has 1 aromatic rings. The molecule has 0 amide bonds. The number of hydrogen-bond donors (Lipinski definition) is 0. The number of halogens is 3. The Bertz CT molecular complexity index is 368. The molecule has 0 fully saturated rings. The van der Waals surface area contributed by atoms with E-state index in [0.29, 0.717) is 0 Å². The van der Waals surface area contributed by atoms with E-state index >= 15 is 0 Å². The zero-order valence-corrected chi connectivity index (χ0v) is 7.84. The summed E-state index contributed by atoms with van der Waals surface area (Å²) >= 11 is 0. The van der Waals surface area contributed by atoms with Crippen LogP contribution in [0.15, 0.2) is 12.3 Å². The van der Waals surface area contributed by atoms with Gasteiger partial charge in [0.15, 0.2) is 0 Å². The van der Waals surface area contributed by atoms with Crippen molar-refractivity contribution in [3.63, 3.8) is 0 Å². The van der Waals surface area contributed by atoms with Crippen molar-refractivity contribution in [3.8, 4) is 0 Å². The third kappa shape index (κ3) is 2.45. The largest absolute Gasteiger partial charge is 0.462 e. The molecular formula is C9H8F3NO2. The predicted octanol–water partition coefficient (Wildman–Crippen LogP) is 2.33. The molecular weight excluding hydrogens is 211 g/mol. The van der Waals surface area contributed by atoms with Crippen molar-refractivity contribution in [1.29, 1.82) is 0 Å². The van der Waals surface area contributed by atoms with Gasteiger partial charge in [-0.05, 0) is 13.0 Å². The number of carbonyl (C=O) groups is 1. The number of carbonyl (C=O) groups excluding carboxylic acids is 1. The van der Waals surface area contributed by atoms with Crippen LogP contribution in [0.1, 0.15) is 29.4 Å². The molecule has 0 N–H and O–H groups in total. The maximum absolute atomic E-state index is 13.1. The van der Waals surface area contributed by atoms with Gasteiger partial charge in [-0.1, -0.05) is 0 Å². The van der Waals surface area contributed by atoms with Crippen LogP contribution in [-0.2, 0) is 4.74 Å². The number of rotatable bonds is 3. The minimum Gasteiger partial charge on any atom is -0.462 e. The summed E-state index contributed by atoms with van der Waals surface area (Å²) < 4.78 is 42.3. The van der Waals surface area contributed by atoms with Crippen molar-refractivity contribution in [3.05, 3.63) is 29.3 Å². The number of pyridine rings is 1. The van der Waals surface area contributed by atoms with Gasteiger partial charge < -0.3 is 4.74 Å². The Hall–Kier alpha value is -1.59. The molecule has 0 atom stereocenters. The van der Waals surface area contributed by atoms with Gasteiger partial charge in [0.05, 0.1) is 6.61 Å². The number of aromatic nitrogens is 1. The number of ether oxygens (including phenoxy) is 1. The Balaban J connectivity index is 3.18. The molecule has 0 saturated carbocycles. The maximum atomic E-state index is 13.1. The van der Waals surface area contributed by atoms with Gasteiger partial charge in [0.1, 0.15) is 17.1 Å². The first kappa shape index (κ1) is 11.5. The molecule has 0 aliphatic rings. The van der Waals surface area contributed by atoms with E-state index in [0.717, 1.165) is 12.3 Å². The fourth-order valence-electron chi connectivity index (χ4n) is 1.02. The molecule has 1 rings (SSSR count). The highest BCUT2D eigenvalue weighted by Gasteiger charge is 2.24. The van der Waals surface area contributed by atoms with Gasteiger partial charge in [0.25, 0.3) is 6.43 Å². The monoisotopic (exact) mass is 219 g/mol. The smallest absolute Gasteiger partial charge is 0.343 e. The average Bonchev–Trinajstić information content (AvgIpc) is 2.17. The fraction of sp³-hybridized carbons (Fsp3) is 0.333. The van der Waals surface area contributed by atoms with Crippen molar-refractivity contribution >= 4 is 5.97 Å². The Morgan fingerprint density at radius 2 is 2.27 bits per heavy atom. The Kier molecular flexibility index (Phi) is 3.65. The highest BCUT2D eigenvalue weighted by atomic mass is 19.3. The Labute approximate surface area is 83.9 Å². The molecule has 0 aliphatic carbocycles. The van der Waals surface area contributed by atoms with Crippen LogP contribution >= 0.6 is 0 Å². The van der Waals surface area contributed by atoms with Crippen LogP contribution in [0.4, 0.5) is 13.2 Å². The Morgan fingerprint density at radius 1 is 1.60 bits per heavy atom. The molecule has 3 nitrogen and oxygen atoms in total. The standard InChI is InChI=1S/C9H8F3NO2/c1-2-15-9(14)6-5(10)3-4-13-7(6)8(11)12/h3-4,8H,2H2,1H3. The second-order valence-electron chi connectivity index (χ2n) is 2.57. The molecule has 6 heteroatoms. The third-order valence-corrected chi connectivity index (χ3v) is 1.62. The molecule has 1 heterocycles. The fourth-order valence-corrected chi connectivity index (χ4v) is 1.02. The molecule has 0 radical (unpaired) electrons. The highest BCUT2D eigenvalue weighted by Crippen LogP contribution is 2.23. The van der Waals surface area contributed by atoms with Crippen LogP contribution in [0.3, 0.4) is 0 Å². The molecule has 0 bridgehead atoms. The summed E-state index contributed by atoms with van der Waals surface area (Å²) in [6, 6.07) is 0.831. The van der Waals surface area contributed by atoms with E-state index in [4.69, 9.17) is 0 Å². The van der Waals surface area contributed by atoms with Crippen molar-refractivity contribution < 1.29 is 22.7 Å². The zero-order chi connectivity index (χ0) is 11.4. The number of hydrogen-bond acceptors (Lipinski definition) is 3. The van der Waals surface area contributed by atoms with Crippen molar-refractivity contribution in [2.24, 2.45) is 0 Å². The lowest BCUT2D eigenvalue weighted by Gasteiger charge is -2.07. The minimum atomic E-state index is -3.01. The topological polar surface area (TPSA) is 39.2 Å². The van der Waals surface area contributed by atoms with Gasteiger partial charge in [-0.2, -0.15) is 0 Å². The van der Waals surface area contributed by atoms with E-state index in [-0.39, 0.29) is 6.61 Å². The number of esters is 1. The third-order valence-electron chi connectivity index (χ3n) is 1.62. The number of alkyl halides is 2. The van der Waals surface area contributed by atoms with Crippen LogP contribution in [-0.4, -0.2) is 17.6 Å². The van der Waals surface area contributed by atoms with Gasteiger partial charge in [-0.15, -0.1) is 0 Å². The molecule has 0 saturated heterocycles. The molecule has 0 aromatic carbocycles. The lowest BCUT2D eigenvalue weighted by molar-refractivity contribution is 0.0507. The normalized spacial score (nSPS) is 10.5. The summed E-state index contributed by atoms with van der Waals surface area (Å²) in [6.07, 6.45) is -2.14. The average molecular weight is 219 g/mol. The molecule has 0 aliphatic heterocycles. The van der Waals surface area contributed by atoms with Crippen molar-refractivity contribution in [1.82, 2.24) is 4.98 Å². The van der Waals surface area contributed by atoms with Gasteiger partial charge in [0.2, 0.25) is 0 Å². The van der Waals surface area contributed by atoms with E-state index in [2.05, 4.69) is 9.72 Å².